The number of methoxy groups -OCH3 is 1. The number of benzene rings is 2. The maximum absolute atomic E-state index is 12.5. The van der Waals surface area contributed by atoms with E-state index in [2.05, 4.69) is 23.2 Å². The molecular formula is C24H27N3O3S. The van der Waals surface area contributed by atoms with Crippen molar-refractivity contribution in [2.75, 3.05) is 49.4 Å². The molecule has 0 unspecified atom stereocenters. The van der Waals surface area contributed by atoms with Crippen LogP contribution in [0, 0.1) is 0 Å². The third-order valence-corrected chi connectivity index (χ3v) is 6.35. The van der Waals surface area contributed by atoms with Gasteiger partial charge in [-0.05, 0) is 54.4 Å². The summed E-state index contributed by atoms with van der Waals surface area (Å²) >= 11 is 1.47. The lowest BCUT2D eigenvalue weighted by Gasteiger charge is -2.28. The fraction of sp³-hybridized carbons (Fsp3) is 0.333. The summed E-state index contributed by atoms with van der Waals surface area (Å²) < 4.78 is 10.7. The third kappa shape index (κ3) is 5.29. The van der Waals surface area contributed by atoms with Crippen LogP contribution >= 0.6 is 11.8 Å². The Labute approximate surface area is 186 Å². The lowest BCUT2D eigenvalue weighted by Crippen LogP contribution is -2.36. The monoisotopic (exact) mass is 437 g/mol. The van der Waals surface area contributed by atoms with Gasteiger partial charge in [0.25, 0.3) is 0 Å². The van der Waals surface area contributed by atoms with E-state index in [9.17, 15) is 4.79 Å². The lowest BCUT2D eigenvalue weighted by molar-refractivity contribution is -0.113. The molecular weight excluding hydrogens is 410 g/mol. The van der Waals surface area contributed by atoms with E-state index >= 15 is 0 Å². The smallest absolute Gasteiger partial charge is 0.234 e. The van der Waals surface area contributed by atoms with Crippen LogP contribution in [0.3, 0.4) is 0 Å². The highest BCUT2D eigenvalue weighted by atomic mass is 32.2. The molecule has 0 aliphatic carbocycles. The van der Waals surface area contributed by atoms with Crippen LogP contribution in [-0.4, -0.2) is 50.1 Å². The first-order valence-corrected chi connectivity index (χ1v) is 11.5. The summed E-state index contributed by atoms with van der Waals surface area (Å²) in [5.41, 5.74) is 3.97. The minimum Gasteiger partial charge on any atom is -0.497 e. The average molecular weight is 438 g/mol. The summed E-state index contributed by atoms with van der Waals surface area (Å²) in [6, 6.07) is 16.0. The third-order valence-electron chi connectivity index (χ3n) is 5.31. The molecule has 6 nitrogen and oxygen atoms in total. The number of carbonyl (C=O) groups excluding carboxylic acids is 1. The summed E-state index contributed by atoms with van der Waals surface area (Å²) in [5.74, 6) is 1.04. The van der Waals surface area contributed by atoms with E-state index in [1.165, 1.54) is 11.8 Å². The molecule has 1 aliphatic heterocycles. The molecule has 162 valence electrons. The number of nitrogens with one attached hydrogen (secondary N) is 1. The molecule has 31 heavy (non-hydrogen) atoms. The Bertz CT molecular complexity index is 1050. The number of anilines is 2. The van der Waals surface area contributed by atoms with E-state index in [0.717, 1.165) is 71.3 Å². The Kier molecular flexibility index (Phi) is 6.94. The van der Waals surface area contributed by atoms with Crippen molar-refractivity contribution in [3.05, 3.63) is 54.1 Å². The summed E-state index contributed by atoms with van der Waals surface area (Å²) in [5, 5.41) is 4.95. The molecule has 1 saturated heterocycles. The Hall–Kier alpha value is -2.77. The van der Waals surface area contributed by atoms with Gasteiger partial charge in [-0.15, -0.1) is 0 Å². The number of hydrogen-bond acceptors (Lipinski definition) is 6. The molecule has 1 aliphatic rings. The Morgan fingerprint density at radius 1 is 1.16 bits per heavy atom. The van der Waals surface area contributed by atoms with Crippen molar-refractivity contribution in [2.45, 2.75) is 18.4 Å². The highest BCUT2D eigenvalue weighted by Gasteiger charge is 2.13. The van der Waals surface area contributed by atoms with Gasteiger partial charge in [-0.2, -0.15) is 0 Å². The minimum absolute atomic E-state index is 0.0429. The number of ether oxygens (including phenoxy) is 2. The van der Waals surface area contributed by atoms with Gasteiger partial charge in [-0.25, -0.2) is 4.98 Å². The second kappa shape index (κ2) is 10.0. The molecule has 2 heterocycles. The number of fused-ring (bicyclic) bond motifs is 1. The first-order valence-electron chi connectivity index (χ1n) is 10.5. The highest BCUT2D eigenvalue weighted by molar-refractivity contribution is 8.00. The lowest BCUT2D eigenvalue weighted by atomic mass is 10.1. The molecule has 0 saturated carbocycles. The zero-order valence-corrected chi connectivity index (χ0v) is 18.7. The first kappa shape index (κ1) is 21.5. The SMILES string of the molecule is CCc1cc2ccc(OC)cc2nc1SCC(=O)Nc1ccc(N2CCOCC2)cc1. The number of pyridine rings is 1. The minimum atomic E-state index is -0.0429. The van der Waals surface area contributed by atoms with Gasteiger partial charge in [0.05, 0.1) is 31.6 Å². The molecule has 0 bridgehead atoms. The normalized spacial score (nSPS) is 13.9. The zero-order valence-electron chi connectivity index (χ0n) is 17.9. The van der Waals surface area contributed by atoms with Gasteiger partial charge < -0.3 is 19.7 Å². The number of aryl methyl sites for hydroxylation is 1. The van der Waals surface area contributed by atoms with Gasteiger partial charge in [0.2, 0.25) is 5.91 Å². The van der Waals surface area contributed by atoms with E-state index in [4.69, 9.17) is 14.5 Å². The van der Waals surface area contributed by atoms with Crippen LogP contribution in [-0.2, 0) is 16.0 Å². The second-order valence-electron chi connectivity index (χ2n) is 7.35. The first-order chi connectivity index (χ1) is 15.2. The van der Waals surface area contributed by atoms with Crippen LogP contribution in [0.15, 0.2) is 53.6 Å². The maximum Gasteiger partial charge on any atom is 0.234 e. The zero-order chi connectivity index (χ0) is 21.6. The van der Waals surface area contributed by atoms with Crippen LogP contribution < -0.4 is 15.0 Å². The number of morpholine rings is 1. The summed E-state index contributed by atoms with van der Waals surface area (Å²) in [7, 11) is 1.65. The van der Waals surface area contributed by atoms with Crippen molar-refractivity contribution < 1.29 is 14.3 Å². The second-order valence-corrected chi connectivity index (χ2v) is 8.31. The fourth-order valence-corrected chi connectivity index (χ4v) is 4.48. The van der Waals surface area contributed by atoms with Crippen molar-refractivity contribution in [3.8, 4) is 5.75 Å². The average Bonchev–Trinajstić information content (AvgIpc) is 2.82. The molecule has 7 heteroatoms. The van der Waals surface area contributed by atoms with Crippen LogP contribution in [0.25, 0.3) is 10.9 Å². The Morgan fingerprint density at radius 3 is 2.65 bits per heavy atom. The van der Waals surface area contributed by atoms with Crippen molar-refractivity contribution in [1.82, 2.24) is 4.98 Å². The number of aromatic nitrogens is 1. The van der Waals surface area contributed by atoms with Crippen LogP contribution in [0.4, 0.5) is 11.4 Å². The van der Waals surface area contributed by atoms with Crippen molar-refractivity contribution >= 4 is 39.9 Å². The number of nitrogens with zero attached hydrogens (tertiary/aromatic N) is 2. The van der Waals surface area contributed by atoms with Gasteiger partial charge in [0, 0.05) is 35.9 Å². The number of amides is 1. The van der Waals surface area contributed by atoms with E-state index in [1.54, 1.807) is 7.11 Å². The van der Waals surface area contributed by atoms with Crippen molar-refractivity contribution in [3.63, 3.8) is 0 Å². The van der Waals surface area contributed by atoms with Gasteiger partial charge >= 0.3 is 0 Å². The molecule has 1 amide bonds. The van der Waals surface area contributed by atoms with E-state index in [1.807, 2.05) is 42.5 Å². The van der Waals surface area contributed by atoms with Crippen LogP contribution in [0.1, 0.15) is 12.5 Å². The topological polar surface area (TPSA) is 63.7 Å². The van der Waals surface area contributed by atoms with Crippen LogP contribution in [0.5, 0.6) is 5.75 Å². The molecule has 1 fully saturated rings. The van der Waals surface area contributed by atoms with Gasteiger partial charge in [-0.3, -0.25) is 4.79 Å². The molecule has 2 aromatic carbocycles. The number of carbonyl (C=O) groups is 1. The molecule has 0 spiro atoms. The van der Waals surface area contributed by atoms with Gasteiger partial charge in [0.15, 0.2) is 0 Å². The maximum atomic E-state index is 12.5. The predicted octanol–water partition coefficient (Wildman–Crippen LogP) is 4.37. The standard InChI is InChI=1S/C24H27N3O3S/c1-3-17-14-18-4-9-21(29-2)15-22(18)26-24(17)31-16-23(28)25-19-5-7-20(8-6-19)27-10-12-30-13-11-27/h4-9,14-15H,3,10-13,16H2,1-2H3,(H,25,28). The molecule has 1 aromatic heterocycles. The molecule has 4 rings (SSSR count). The predicted molar refractivity (Wildman–Crippen MR) is 127 cm³/mol. The Balaban J connectivity index is 1.39. The molecule has 1 N–H and O–H groups in total. The van der Waals surface area contributed by atoms with Crippen LogP contribution in [0.2, 0.25) is 0 Å². The van der Waals surface area contributed by atoms with Gasteiger partial charge in [0.1, 0.15) is 10.8 Å². The van der Waals surface area contributed by atoms with E-state index in [0.29, 0.717) is 5.75 Å². The summed E-state index contributed by atoms with van der Waals surface area (Å²) in [4.78, 5) is 19.6. The summed E-state index contributed by atoms with van der Waals surface area (Å²) in [6.45, 7) is 5.40. The fourth-order valence-electron chi connectivity index (χ4n) is 3.59. The molecule has 0 radical (unpaired) electrons. The quantitative estimate of drug-likeness (QED) is 0.554. The van der Waals surface area contributed by atoms with E-state index in [-0.39, 0.29) is 5.91 Å². The van der Waals surface area contributed by atoms with E-state index < -0.39 is 0 Å². The molecule has 0 atom stereocenters. The van der Waals surface area contributed by atoms with Crippen molar-refractivity contribution in [2.24, 2.45) is 0 Å². The number of rotatable bonds is 7. The summed E-state index contributed by atoms with van der Waals surface area (Å²) in [6.07, 6.45) is 0.863. The van der Waals surface area contributed by atoms with Crippen molar-refractivity contribution in [1.29, 1.82) is 0 Å². The number of hydrogen-bond donors (Lipinski definition) is 1. The van der Waals surface area contributed by atoms with Gasteiger partial charge in [-0.1, -0.05) is 18.7 Å². The highest BCUT2D eigenvalue weighted by Crippen LogP contribution is 2.28. The Morgan fingerprint density at radius 2 is 1.94 bits per heavy atom. The number of thioether (sulfide) groups is 1. The largest absolute Gasteiger partial charge is 0.497 e. The molecule has 3 aromatic rings.